The number of aliphatic hydroxyl groups excluding tert-OH is 1. The molecule has 0 fully saturated rings. The molecule has 26 heavy (non-hydrogen) atoms. The largest absolute Gasteiger partial charge is 0.466 e. The van der Waals surface area contributed by atoms with Crippen molar-refractivity contribution in [1.29, 1.82) is 0 Å². The van der Waals surface area contributed by atoms with E-state index in [-0.39, 0.29) is 36.9 Å². The summed E-state index contributed by atoms with van der Waals surface area (Å²) in [6.45, 7) is 6.61. The van der Waals surface area contributed by atoms with Gasteiger partial charge >= 0.3 is 5.97 Å². The minimum Gasteiger partial charge on any atom is -0.466 e. The monoisotopic (exact) mass is 372 g/mol. The van der Waals surface area contributed by atoms with Gasteiger partial charge in [-0.3, -0.25) is 4.79 Å². The van der Waals surface area contributed by atoms with Crippen LogP contribution < -0.4 is 5.32 Å². The zero-order valence-corrected chi connectivity index (χ0v) is 16.5. The Morgan fingerprint density at radius 1 is 1.38 bits per heavy atom. The molecule has 1 aliphatic rings. The number of esters is 1. The molecule has 0 radical (unpaired) electrons. The minimum atomic E-state index is -1.49. The van der Waals surface area contributed by atoms with Gasteiger partial charge < -0.3 is 20.1 Å². The number of nitrogens with one attached hydrogen (secondary N) is 1. The summed E-state index contributed by atoms with van der Waals surface area (Å²) >= 11 is 0. The smallest absolute Gasteiger partial charge is 0.337 e. The number of hydrogen-bond donors (Lipinski definition) is 2. The average Bonchev–Trinajstić information content (AvgIpc) is 2.89. The number of aliphatic hydroxyl groups is 1. The molecule has 0 saturated heterocycles. The van der Waals surface area contributed by atoms with Crippen molar-refractivity contribution >= 4 is 25.6 Å². The predicted octanol–water partition coefficient (Wildman–Crippen LogP) is 1.59. The van der Waals surface area contributed by atoms with Crippen LogP contribution in [0.2, 0.25) is 19.6 Å². The Bertz CT molecular complexity index is 800. The first-order chi connectivity index (χ1) is 12.2. The van der Waals surface area contributed by atoms with Crippen molar-refractivity contribution in [2.45, 2.75) is 19.6 Å². The molecule has 0 atom stereocenters. The number of rotatable bonds is 5. The second-order valence-electron chi connectivity index (χ2n) is 7.00. The molecule has 1 heterocycles. The van der Waals surface area contributed by atoms with Crippen LogP contribution in [-0.4, -0.2) is 56.8 Å². The maximum Gasteiger partial charge on any atom is 0.337 e. The SMILES string of the molecule is COC(=O)C1=C(Nc2cccc(C#C[Si](C)(C)C)c2)C(=O)N(CCO)C1. The van der Waals surface area contributed by atoms with Crippen molar-refractivity contribution in [3.63, 3.8) is 0 Å². The van der Waals surface area contributed by atoms with Crippen LogP contribution in [0.5, 0.6) is 0 Å². The fourth-order valence-electron chi connectivity index (χ4n) is 2.43. The van der Waals surface area contributed by atoms with E-state index in [9.17, 15) is 9.59 Å². The van der Waals surface area contributed by atoms with E-state index in [0.717, 1.165) is 5.56 Å². The van der Waals surface area contributed by atoms with Gasteiger partial charge in [0.25, 0.3) is 5.91 Å². The molecule has 1 amide bonds. The summed E-state index contributed by atoms with van der Waals surface area (Å²) in [5.74, 6) is 2.28. The molecule has 7 heteroatoms. The van der Waals surface area contributed by atoms with Crippen LogP contribution in [0.25, 0.3) is 0 Å². The van der Waals surface area contributed by atoms with Crippen LogP contribution in [-0.2, 0) is 14.3 Å². The van der Waals surface area contributed by atoms with Crippen molar-refractivity contribution < 1.29 is 19.4 Å². The third-order valence-corrected chi connectivity index (χ3v) is 4.54. The van der Waals surface area contributed by atoms with E-state index in [4.69, 9.17) is 9.84 Å². The molecule has 0 unspecified atom stereocenters. The first-order valence-corrected chi connectivity index (χ1v) is 11.9. The molecule has 0 aliphatic carbocycles. The van der Waals surface area contributed by atoms with Gasteiger partial charge in [-0.2, -0.15) is 0 Å². The van der Waals surface area contributed by atoms with Crippen molar-refractivity contribution in [2.75, 3.05) is 32.1 Å². The van der Waals surface area contributed by atoms with Gasteiger partial charge in [-0.1, -0.05) is 31.6 Å². The van der Waals surface area contributed by atoms with Gasteiger partial charge in [0.2, 0.25) is 0 Å². The summed E-state index contributed by atoms with van der Waals surface area (Å²) in [7, 11) is -0.213. The van der Waals surface area contributed by atoms with E-state index in [1.165, 1.54) is 12.0 Å². The Morgan fingerprint density at radius 2 is 2.12 bits per heavy atom. The van der Waals surface area contributed by atoms with Crippen LogP contribution in [0, 0.1) is 11.5 Å². The van der Waals surface area contributed by atoms with Gasteiger partial charge in [0, 0.05) is 17.8 Å². The van der Waals surface area contributed by atoms with Crippen LogP contribution in [0.4, 0.5) is 5.69 Å². The molecule has 1 aliphatic heterocycles. The molecular weight excluding hydrogens is 348 g/mol. The molecule has 0 spiro atoms. The van der Waals surface area contributed by atoms with E-state index in [0.29, 0.717) is 5.69 Å². The van der Waals surface area contributed by atoms with Gasteiger partial charge in [0.1, 0.15) is 13.8 Å². The maximum atomic E-state index is 12.5. The Balaban J connectivity index is 2.30. The highest BCUT2D eigenvalue weighted by atomic mass is 28.3. The Labute approximate surface area is 154 Å². The topological polar surface area (TPSA) is 78.9 Å². The number of methoxy groups -OCH3 is 1. The molecule has 1 aromatic carbocycles. The first kappa shape index (κ1) is 19.8. The third-order valence-electron chi connectivity index (χ3n) is 3.67. The molecule has 0 bridgehead atoms. The molecule has 6 nitrogen and oxygen atoms in total. The summed E-state index contributed by atoms with van der Waals surface area (Å²) in [4.78, 5) is 26.0. The number of hydrogen-bond acceptors (Lipinski definition) is 5. The highest BCUT2D eigenvalue weighted by Gasteiger charge is 2.34. The second-order valence-corrected chi connectivity index (χ2v) is 11.8. The molecule has 138 valence electrons. The number of nitrogens with zero attached hydrogens (tertiary/aromatic N) is 1. The molecule has 0 saturated carbocycles. The van der Waals surface area contributed by atoms with E-state index >= 15 is 0 Å². The Morgan fingerprint density at radius 3 is 2.73 bits per heavy atom. The van der Waals surface area contributed by atoms with E-state index < -0.39 is 14.0 Å². The van der Waals surface area contributed by atoms with Gasteiger partial charge in [-0.15, -0.1) is 5.54 Å². The third kappa shape index (κ3) is 4.97. The van der Waals surface area contributed by atoms with Crippen LogP contribution in [0.15, 0.2) is 35.5 Å². The lowest BCUT2D eigenvalue weighted by Gasteiger charge is -2.15. The highest BCUT2D eigenvalue weighted by Crippen LogP contribution is 2.23. The number of amides is 1. The van der Waals surface area contributed by atoms with Crippen LogP contribution >= 0.6 is 0 Å². The lowest BCUT2D eigenvalue weighted by Crippen LogP contribution is -2.31. The lowest BCUT2D eigenvalue weighted by atomic mass is 10.2. The summed E-state index contributed by atoms with van der Waals surface area (Å²) in [6.07, 6.45) is 0. The number of carbonyl (C=O) groups is 2. The lowest BCUT2D eigenvalue weighted by molar-refractivity contribution is -0.136. The molecule has 2 N–H and O–H groups in total. The number of anilines is 1. The Kier molecular flexibility index (Phi) is 6.24. The van der Waals surface area contributed by atoms with E-state index in [2.05, 4.69) is 36.4 Å². The van der Waals surface area contributed by atoms with Gasteiger partial charge in [0.15, 0.2) is 0 Å². The number of benzene rings is 1. The first-order valence-electron chi connectivity index (χ1n) is 8.37. The standard InChI is InChI=1S/C19H24N2O4Si/c1-25-19(24)16-13-21(9-10-22)18(23)17(16)20-15-7-5-6-14(12-15)8-11-26(2,3)4/h5-7,12,20,22H,9-10,13H2,1-4H3. The van der Waals surface area contributed by atoms with Crippen molar-refractivity contribution in [3.8, 4) is 11.5 Å². The van der Waals surface area contributed by atoms with E-state index in [1.807, 2.05) is 24.3 Å². The van der Waals surface area contributed by atoms with Gasteiger partial charge in [-0.25, -0.2) is 4.79 Å². The molecule has 0 aromatic heterocycles. The van der Waals surface area contributed by atoms with Gasteiger partial charge in [-0.05, 0) is 18.2 Å². The number of ether oxygens (including phenoxy) is 1. The Hall–Kier alpha value is -2.56. The fourth-order valence-corrected chi connectivity index (χ4v) is 2.95. The predicted molar refractivity (Wildman–Crippen MR) is 103 cm³/mol. The normalized spacial score (nSPS) is 14.2. The van der Waals surface area contributed by atoms with Crippen molar-refractivity contribution in [3.05, 3.63) is 41.1 Å². The maximum absolute atomic E-state index is 12.5. The summed E-state index contributed by atoms with van der Waals surface area (Å²) in [5, 5.41) is 12.1. The molecular formula is C19H24N2O4Si. The zero-order chi connectivity index (χ0) is 19.3. The van der Waals surface area contributed by atoms with E-state index in [1.54, 1.807) is 0 Å². The van der Waals surface area contributed by atoms with Gasteiger partial charge in [0.05, 0.1) is 25.8 Å². The summed E-state index contributed by atoms with van der Waals surface area (Å²) in [5.41, 5.74) is 5.25. The summed E-state index contributed by atoms with van der Waals surface area (Å²) in [6, 6.07) is 7.41. The average molecular weight is 372 g/mol. The molecule has 1 aromatic rings. The fraction of sp³-hybridized carbons (Fsp3) is 0.368. The zero-order valence-electron chi connectivity index (χ0n) is 15.5. The molecule has 2 rings (SSSR count). The van der Waals surface area contributed by atoms with Crippen LogP contribution in [0.1, 0.15) is 5.56 Å². The minimum absolute atomic E-state index is 0.115. The van der Waals surface area contributed by atoms with Crippen LogP contribution in [0.3, 0.4) is 0 Å². The summed E-state index contributed by atoms with van der Waals surface area (Å²) < 4.78 is 4.78. The number of carbonyl (C=O) groups excluding carboxylic acids is 2. The highest BCUT2D eigenvalue weighted by molar-refractivity contribution is 6.83. The second kappa shape index (κ2) is 8.21. The quantitative estimate of drug-likeness (QED) is 0.466. The van der Waals surface area contributed by atoms with Crippen molar-refractivity contribution in [1.82, 2.24) is 4.90 Å². The van der Waals surface area contributed by atoms with Crippen molar-refractivity contribution in [2.24, 2.45) is 0 Å². The number of β-amino-alcohol motifs (C(OH)–C–C–N with tert-alkyl or cyclic N) is 1.